The second kappa shape index (κ2) is 9.50. The van der Waals surface area contributed by atoms with Crippen molar-refractivity contribution in [2.24, 2.45) is 0 Å². The normalized spacial score (nSPS) is 17.8. The molecule has 10 nitrogen and oxygen atoms in total. The van der Waals surface area contributed by atoms with Crippen LogP contribution in [0.15, 0.2) is 12.3 Å². The predicted octanol–water partition coefficient (Wildman–Crippen LogP) is 0.794. The molecule has 2 aromatic rings. The summed E-state index contributed by atoms with van der Waals surface area (Å²) in [6.07, 6.45) is 0.990. The number of alkyl halides is 2. The van der Waals surface area contributed by atoms with Gasteiger partial charge in [0, 0.05) is 38.7 Å². The fourth-order valence-corrected chi connectivity index (χ4v) is 3.66. The van der Waals surface area contributed by atoms with Gasteiger partial charge < -0.3 is 15.0 Å². The highest BCUT2D eigenvalue weighted by Crippen LogP contribution is 2.33. The average Bonchev–Trinajstić information content (AvgIpc) is 3.37. The van der Waals surface area contributed by atoms with Gasteiger partial charge in [-0.2, -0.15) is 5.10 Å². The fourth-order valence-electron chi connectivity index (χ4n) is 3.66. The van der Waals surface area contributed by atoms with Crippen LogP contribution in [0.2, 0.25) is 0 Å². The van der Waals surface area contributed by atoms with Crippen molar-refractivity contribution in [1.82, 2.24) is 35.0 Å². The van der Waals surface area contributed by atoms with E-state index in [1.54, 1.807) is 4.68 Å². The molecule has 2 amide bonds. The molecule has 170 valence electrons. The van der Waals surface area contributed by atoms with Gasteiger partial charge in [-0.05, 0) is 19.9 Å². The molecule has 1 aliphatic rings. The maximum absolute atomic E-state index is 14.1. The van der Waals surface area contributed by atoms with Crippen LogP contribution in [0.1, 0.15) is 34.7 Å². The number of aryl methyl sites for hydroxylation is 3. The Balaban J connectivity index is 1.62. The molecule has 12 heteroatoms. The number of ether oxygens (including phenoxy) is 1. The first-order valence-electron chi connectivity index (χ1n) is 10.0. The zero-order valence-electron chi connectivity index (χ0n) is 17.8. The molecule has 0 spiro atoms. The first-order valence-corrected chi connectivity index (χ1v) is 10.0. The molecule has 1 saturated heterocycles. The Labute approximate surface area is 178 Å². The summed E-state index contributed by atoms with van der Waals surface area (Å²) < 4.78 is 36.1. The molecule has 0 saturated carbocycles. The number of methoxy groups -OCH3 is 1. The Morgan fingerprint density at radius 1 is 1.35 bits per heavy atom. The number of rotatable bonds is 9. The summed E-state index contributed by atoms with van der Waals surface area (Å²) in [6.45, 7) is 4.12. The summed E-state index contributed by atoms with van der Waals surface area (Å²) in [5.74, 6) is -3.77. The van der Waals surface area contributed by atoms with E-state index in [2.05, 4.69) is 20.7 Å². The van der Waals surface area contributed by atoms with Crippen LogP contribution in [0, 0.1) is 13.8 Å². The van der Waals surface area contributed by atoms with Crippen LogP contribution in [-0.4, -0.2) is 80.3 Å². The molecule has 0 aliphatic carbocycles. The van der Waals surface area contributed by atoms with Crippen LogP contribution in [0.5, 0.6) is 0 Å². The van der Waals surface area contributed by atoms with Gasteiger partial charge in [0.25, 0.3) is 11.8 Å². The van der Waals surface area contributed by atoms with E-state index in [-0.39, 0.29) is 24.6 Å². The third-order valence-corrected chi connectivity index (χ3v) is 5.10. The second-order valence-electron chi connectivity index (χ2n) is 7.71. The lowest BCUT2D eigenvalue weighted by molar-refractivity contribution is -0.133. The van der Waals surface area contributed by atoms with Crippen LogP contribution in [0.3, 0.4) is 0 Å². The lowest BCUT2D eigenvalue weighted by Crippen LogP contribution is -2.39. The maximum atomic E-state index is 14.1. The summed E-state index contributed by atoms with van der Waals surface area (Å²) >= 11 is 0. The van der Waals surface area contributed by atoms with E-state index in [9.17, 15) is 18.4 Å². The van der Waals surface area contributed by atoms with Crippen molar-refractivity contribution < 1.29 is 23.1 Å². The minimum Gasteiger partial charge on any atom is -0.383 e. The number of likely N-dealkylation sites (tertiary alicyclic amines) is 1. The van der Waals surface area contributed by atoms with E-state index < -0.39 is 30.8 Å². The minimum atomic E-state index is -2.97. The zero-order valence-corrected chi connectivity index (χ0v) is 17.8. The van der Waals surface area contributed by atoms with Crippen molar-refractivity contribution in [3.8, 4) is 0 Å². The van der Waals surface area contributed by atoms with Crippen molar-refractivity contribution >= 4 is 11.8 Å². The molecule has 1 atom stereocenters. The van der Waals surface area contributed by atoms with E-state index >= 15 is 0 Å². The van der Waals surface area contributed by atoms with E-state index in [0.29, 0.717) is 19.7 Å². The van der Waals surface area contributed by atoms with Crippen LogP contribution in [0.25, 0.3) is 0 Å². The highest BCUT2D eigenvalue weighted by Gasteiger charge is 2.47. The van der Waals surface area contributed by atoms with Crippen LogP contribution < -0.4 is 5.32 Å². The van der Waals surface area contributed by atoms with Gasteiger partial charge in [0.05, 0.1) is 37.6 Å². The number of amides is 2. The third-order valence-electron chi connectivity index (χ3n) is 5.10. The lowest BCUT2D eigenvalue weighted by atomic mass is 10.2. The number of nitrogens with zero attached hydrogens (tertiary/aromatic N) is 6. The summed E-state index contributed by atoms with van der Waals surface area (Å²) in [7, 11) is 1.52. The number of halogens is 2. The van der Waals surface area contributed by atoms with Gasteiger partial charge >= 0.3 is 0 Å². The molecule has 1 fully saturated rings. The number of carbonyl (C=O) groups excluding carboxylic acids is 2. The Hall–Kier alpha value is -2.89. The number of aromatic nitrogens is 5. The summed E-state index contributed by atoms with van der Waals surface area (Å²) in [5.41, 5.74) is 1.82. The average molecular weight is 439 g/mol. The van der Waals surface area contributed by atoms with Gasteiger partial charge in [-0.1, -0.05) is 5.21 Å². The maximum Gasteiger partial charge on any atom is 0.273 e. The predicted molar refractivity (Wildman–Crippen MR) is 106 cm³/mol. The summed E-state index contributed by atoms with van der Waals surface area (Å²) in [4.78, 5) is 25.9. The van der Waals surface area contributed by atoms with E-state index in [0.717, 1.165) is 11.4 Å². The van der Waals surface area contributed by atoms with E-state index in [1.165, 1.54) is 22.9 Å². The Morgan fingerprint density at radius 2 is 2.13 bits per heavy atom. The topological polar surface area (TPSA) is 107 Å². The molecular weight excluding hydrogens is 412 g/mol. The fraction of sp³-hybridized carbons (Fsp3) is 0.632. The first-order chi connectivity index (χ1) is 14.7. The van der Waals surface area contributed by atoms with Crippen molar-refractivity contribution in [3.63, 3.8) is 0 Å². The minimum absolute atomic E-state index is 0.0274. The lowest BCUT2D eigenvalue weighted by Gasteiger charge is -2.24. The molecule has 0 aromatic carbocycles. The monoisotopic (exact) mass is 439 g/mol. The van der Waals surface area contributed by atoms with Crippen LogP contribution in [-0.2, 0) is 22.6 Å². The largest absolute Gasteiger partial charge is 0.383 e. The second-order valence-corrected chi connectivity index (χ2v) is 7.71. The van der Waals surface area contributed by atoms with E-state index in [4.69, 9.17) is 4.74 Å². The molecule has 0 unspecified atom stereocenters. The molecule has 0 bridgehead atoms. The van der Waals surface area contributed by atoms with Crippen molar-refractivity contribution in [2.75, 3.05) is 26.8 Å². The van der Waals surface area contributed by atoms with Crippen LogP contribution >= 0.6 is 0 Å². The van der Waals surface area contributed by atoms with Crippen molar-refractivity contribution in [2.45, 2.75) is 51.7 Å². The number of carbonyl (C=O) groups is 2. The van der Waals surface area contributed by atoms with Gasteiger partial charge in [-0.3, -0.25) is 14.3 Å². The van der Waals surface area contributed by atoms with E-state index in [1.807, 2.05) is 19.9 Å². The molecule has 3 heterocycles. The summed E-state index contributed by atoms with van der Waals surface area (Å²) in [5, 5.41) is 14.6. The van der Waals surface area contributed by atoms with Crippen LogP contribution in [0.4, 0.5) is 8.78 Å². The van der Waals surface area contributed by atoms with Gasteiger partial charge in [0.2, 0.25) is 5.91 Å². The number of hydrogen-bond acceptors (Lipinski definition) is 6. The van der Waals surface area contributed by atoms with Gasteiger partial charge in [0.15, 0.2) is 5.69 Å². The quantitative estimate of drug-likeness (QED) is 0.579. The molecule has 31 heavy (non-hydrogen) atoms. The van der Waals surface area contributed by atoms with Crippen molar-refractivity contribution in [3.05, 3.63) is 29.3 Å². The first kappa shape index (κ1) is 22.8. The molecule has 3 rings (SSSR count). The number of hydrogen-bond donors (Lipinski definition) is 1. The number of nitrogens with one attached hydrogen (secondary N) is 1. The Morgan fingerprint density at radius 3 is 2.81 bits per heavy atom. The Bertz CT molecular complexity index is 927. The van der Waals surface area contributed by atoms with Gasteiger partial charge in [0.1, 0.15) is 0 Å². The molecule has 2 aromatic heterocycles. The SMILES string of the molecule is COCCNC(=O)c1cn(C[C@@H]2CC(F)(F)CN2C(=O)CCn2nc(C)cc2C)nn1. The molecule has 1 aliphatic heterocycles. The Kier molecular flexibility index (Phi) is 6.98. The smallest absolute Gasteiger partial charge is 0.273 e. The van der Waals surface area contributed by atoms with Gasteiger partial charge in [-0.15, -0.1) is 5.10 Å². The zero-order chi connectivity index (χ0) is 22.6. The highest BCUT2D eigenvalue weighted by molar-refractivity contribution is 5.91. The van der Waals surface area contributed by atoms with Crippen molar-refractivity contribution in [1.29, 1.82) is 0 Å². The standard InChI is InChI=1S/C19H27F2N7O3/c1-13-8-14(2)28(24-13)6-4-17(29)27-12-19(20,21)9-15(27)10-26-11-16(23-25-26)18(30)22-5-7-31-3/h8,11,15H,4-7,9-10,12H2,1-3H3,(H,22,30)/t15-/m0/s1. The molecule has 1 N–H and O–H groups in total. The third kappa shape index (κ3) is 5.84. The molecular formula is C19H27F2N7O3. The molecule has 0 radical (unpaired) electrons. The summed E-state index contributed by atoms with van der Waals surface area (Å²) in [6, 6.07) is 1.15. The highest BCUT2D eigenvalue weighted by atomic mass is 19.3. The van der Waals surface area contributed by atoms with Gasteiger partial charge in [-0.25, -0.2) is 13.5 Å².